The zero-order chi connectivity index (χ0) is 28.5. The third-order valence-electron chi connectivity index (χ3n) is 6.09. The molecular formula is C32H25FN2O5. The molecule has 0 bridgehead atoms. The molecule has 3 aromatic rings. The highest BCUT2D eigenvalue weighted by Crippen LogP contribution is 2.21. The van der Waals surface area contributed by atoms with Gasteiger partial charge >= 0.3 is 5.97 Å². The maximum atomic E-state index is 14.1. The molecule has 7 nitrogen and oxygen atoms in total. The summed E-state index contributed by atoms with van der Waals surface area (Å²) in [7, 11) is 0. The van der Waals surface area contributed by atoms with Crippen LogP contribution in [0, 0.1) is 35.9 Å². The molecule has 1 aliphatic heterocycles. The van der Waals surface area contributed by atoms with Crippen LogP contribution in [0.2, 0.25) is 0 Å². The van der Waals surface area contributed by atoms with Gasteiger partial charge in [0.2, 0.25) is 0 Å². The maximum Gasteiger partial charge on any atom is 0.311 e. The molecule has 0 N–H and O–H groups in total. The van der Waals surface area contributed by atoms with E-state index in [0.717, 1.165) is 11.1 Å². The quantitative estimate of drug-likeness (QED) is 0.130. The highest BCUT2D eigenvalue weighted by atomic mass is 19.1. The molecule has 4 rings (SSSR count). The second-order valence-corrected chi connectivity index (χ2v) is 8.99. The number of nitrogens with zero attached hydrogens (tertiary/aromatic N) is 2. The monoisotopic (exact) mass is 536 g/mol. The lowest BCUT2D eigenvalue weighted by atomic mass is 10.1. The van der Waals surface area contributed by atoms with Gasteiger partial charge in [-0.1, -0.05) is 30.0 Å². The Kier molecular flexibility index (Phi) is 9.07. The lowest BCUT2D eigenvalue weighted by molar-refractivity contribution is -0.137. The van der Waals surface area contributed by atoms with Crippen LogP contribution in [-0.4, -0.2) is 35.8 Å². The molecule has 1 heterocycles. The fourth-order valence-corrected chi connectivity index (χ4v) is 3.97. The van der Waals surface area contributed by atoms with Gasteiger partial charge in [-0.3, -0.25) is 19.3 Å². The van der Waals surface area contributed by atoms with Crippen molar-refractivity contribution in [2.24, 2.45) is 0 Å². The third-order valence-corrected chi connectivity index (χ3v) is 6.09. The Morgan fingerprint density at radius 3 is 2.40 bits per heavy atom. The molecule has 8 heteroatoms. The molecule has 0 atom stereocenters. The number of carbonyl (C=O) groups excluding carboxylic acids is 3. The number of rotatable bonds is 9. The molecule has 200 valence electrons. The number of carbonyl (C=O) groups is 3. The molecule has 0 radical (unpaired) electrons. The molecule has 2 amide bonds. The van der Waals surface area contributed by atoms with Crippen LogP contribution in [0.25, 0.3) is 0 Å². The van der Waals surface area contributed by atoms with E-state index in [1.165, 1.54) is 29.2 Å². The number of halogens is 1. The number of amides is 2. The van der Waals surface area contributed by atoms with Crippen LogP contribution in [0.1, 0.15) is 40.7 Å². The van der Waals surface area contributed by atoms with E-state index in [0.29, 0.717) is 43.1 Å². The van der Waals surface area contributed by atoms with E-state index in [-0.39, 0.29) is 35.3 Å². The molecule has 0 aliphatic carbocycles. The largest absolute Gasteiger partial charge is 0.493 e. The number of nitriles is 1. The Morgan fingerprint density at radius 1 is 0.975 bits per heavy atom. The van der Waals surface area contributed by atoms with Gasteiger partial charge in [-0.2, -0.15) is 5.26 Å². The lowest BCUT2D eigenvalue weighted by Gasteiger charge is -2.15. The summed E-state index contributed by atoms with van der Waals surface area (Å²) in [5, 5.41) is 8.93. The second kappa shape index (κ2) is 13.0. The van der Waals surface area contributed by atoms with Crippen LogP contribution in [0.5, 0.6) is 11.5 Å². The Bertz CT molecular complexity index is 1560. The third kappa shape index (κ3) is 7.21. The average molecular weight is 537 g/mol. The highest BCUT2D eigenvalue weighted by molar-refractivity contribution is 6.12. The minimum Gasteiger partial charge on any atom is -0.493 e. The van der Waals surface area contributed by atoms with Gasteiger partial charge in [-0.15, -0.1) is 0 Å². The van der Waals surface area contributed by atoms with E-state index in [1.807, 2.05) is 25.1 Å². The summed E-state index contributed by atoms with van der Waals surface area (Å²) < 4.78 is 25.4. The van der Waals surface area contributed by atoms with Gasteiger partial charge in [0.05, 0.1) is 17.7 Å². The first-order valence-corrected chi connectivity index (χ1v) is 12.6. The highest BCUT2D eigenvalue weighted by Gasteiger charge is 2.22. The van der Waals surface area contributed by atoms with Crippen molar-refractivity contribution in [2.45, 2.75) is 26.2 Å². The topological polar surface area (TPSA) is 96.7 Å². The van der Waals surface area contributed by atoms with Crippen molar-refractivity contribution in [3.05, 3.63) is 106 Å². The fourth-order valence-electron chi connectivity index (χ4n) is 3.97. The van der Waals surface area contributed by atoms with Gasteiger partial charge in [-0.25, -0.2) is 4.39 Å². The van der Waals surface area contributed by atoms with Crippen LogP contribution in [0.15, 0.2) is 72.8 Å². The van der Waals surface area contributed by atoms with Crippen molar-refractivity contribution >= 4 is 17.8 Å². The first kappa shape index (κ1) is 27.8. The summed E-state index contributed by atoms with van der Waals surface area (Å²) in [5.74, 6) is 5.00. The molecule has 40 heavy (non-hydrogen) atoms. The van der Waals surface area contributed by atoms with Gasteiger partial charge in [0.25, 0.3) is 11.8 Å². The Hall–Kier alpha value is -5.21. The Morgan fingerprint density at radius 2 is 1.70 bits per heavy atom. The van der Waals surface area contributed by atoms with Crippen molar-refractivity contribution in [1.29, 1.82) is 5.26 Å². The smallest absolute Gasteiger partial charge is 0.311 e. The molecule has 0 fully saturated rings. The number of aryl methyl sites for hydroxylation is 2. The zero-order valence-corrected chi connectivity index (χ0v) is 21.8. The molecule has 0 unspecified atom stereocenters. The summed E-state index contributed by atoms with van der Waals surface area (Å²) >= 11 is 0. The molecule has 1 aliphatic rings. The fraction of sp³-hybridized carbons (Fsp3) is 0.188. The van der Waals surface area contributed by atoms with Gasteiger partial charge in [0.15, 0.2) is 5.82 Å². The van der Waals surface area contributed by atoms with Gasteiger partial charge in [0, 0.05) is 30.7 Å². The van der Waals surface area contributed by atoms with Crippen LogP contribution in [0.4, 0.5) is 4.39 Å². The first-order chi connectivity index (χ1) is 19.3. The van der Waals surface area contributed by atoms with Crippen molar-refractivity contribution in [1.82, 2.24) is 4.90 Å². The van der Waals surface area contributed by atoms with E-state index in [1.54, 1.807) is 36.4 Å². The summed E-state index contributed by atoms with van der Waals surface area (Å²) in [4.78, 5) is 36.7. The SMILES string of the molecule is Cc1cc(CCC(=O)Oc2ccc(C#Cc3cccc(C#N)c3F)cc2)ccc1OCCCN1C(=O)C=CC1=O. The van der Waals surface area contributed by atoms with Gasteiger partial charge in [0.1, 0.15) is 17.6 Å². The Labute approximate surface area is 231 Å². The van der Waals surface area contributed by atoms with Crippen LogP contribution in [0.3, 0.4) is 0 Å². The van der Waals surface area contributed by atoms with E-state index >= 15 is 0 Å². The number of esters is 1. The van der Waals surface area contributed by atoms with Crippen molar-refractivity contribution in [3.8, 4) is 29.4 Å². The molecule has 0 saturated carbocycles. The number of imide groups is 1. The van der Waals surface area contributed by atoms with E-state index < -0.39 is 5.82 Å². The summed E-state index contributed by atoms with van der Waals surface area (Å²) in [5.41, 5.74) is 2.55. The van der Waals surface area contributed by atoms with Gasteiger partial charge < -0.3 is 9.47 Å². The number of benzene rings is 3. The van der Waals surface area contributed by atoms with Gasteiger partial charge in [-0.05, 0) is 73.4 Å². The predicted molar refractivity (Wildman–Crippen MR) is 145 cm³/mol. The molecule has 0 aromatic heterocycles. The number of hydrogen-bond donors (Lipinski definition) is 0. The normalized spacial score (nSPS) is 12.1. The predicted octanol–water partition coefficient (Wildman–Crippen LogP) is 4.64. The molecule has 3 aromatic carbocycles. The van der Waals surface area contributed by atoms with Crippen molar-refractivity contribution in [2.75, 3.05) is 13.2 Å². The molecule has 0 spiro atoms. The molecule has 0 saturated heterocycles. The Balaban J connectivity index is 1.22. The summed E-state index contributed by atoms with van der Waals surface area (Å²) in [6, 6.07) is 18.5. The standard InChI is InChI=1S/C32H25FN2O5/c1-22-20-24(9-14-28(22)39-19-3-18-35-29(36)15-16-30(35)37)10-17-31(38)40-27-12-7-23(8-13-27)6-11-25-4-2-5-26(21-34)32(25)33/h2,4-5,7-9,12-16,20H,3,10,17-19H2,1H3. The number of ether oxygens (including phenoxy) is 2. The minimum absolute atomic E-state index is 0.0609. The summed E-state index contributed by atoms with van der Waals surface area (Å²) in [6.07, 6.45) is 3.72. The summed E-state index contributed by atoms with van der Waals surface area (Å²) in [6.45, 7) is 2.57. The van der Waals surface area contributed by atoms with Crippen LogP contribution < -0.4 is 9.47 Å². The second-order valence-electron chi connectivity index (χ2n) is 8.99. The van der Waals surface area contributed by atoms with Crippen molar-refractivity contribution < 1.29 is 28.2 Å². The molecular weight excluding hydrogens is 511 g/mol. The lowest BCUT2D eigenvalue weighted by Crippen LogP contribution is -2.31. The minimum atomic E-state index is -0.649. The van der Waals surface area contributed by atoms with Crippen LogP contribution >= 0.6 is 0 Å². The van der Waals surface area contributed by atoms with Crippen LogP contribution in [-0.2, 0) is 20.8 Å². The van der Waals surface area contributed by atoms with Crippen molar-refractivity contribution in [3.63, 3.8) is 0 Å². The number of hydrogen-bond acceptors (Lipinski definition) is 6. The van der Waals surface area contributed by atoms with E-state index in [2.05, 4.69) is 11.8 Å². The maximum absolute atomic E-state index is 14.1. The first-order valence-electron chi connectivity index (χ1n) is 12.6. The van der Waals surface area contributed by atoms with E-state index in [9.17, 15) is 18.8 Å². The zero-order valence-electron chi connectivity index (χ0n) is 21.8. The van der Waals surface area contributed by atoms with E-state index in [4.69, 9.17) is 14.7 Å². The average Bonchev–Trinajstić information content (AvgIpc) is 3.27.